The minimum absolute atomic E-state index is 0.0228. The van der Waals surface area contributed by atoms with E-state index < -0.39 is 11.5 Å². The second-order valence-corrected chi connectivity index (χ2v) is 7.04. The predicted molar refractivity (Wildman–Crippen MR) is 88.6 cm³/mol. The number of hydrogen-bond acceptors (Lipinski definition) is 3. The fourth-order valence-corrected chi connectivity index (χ4v) is 3.18. The van der Waals surface area contributed by atoms with Crippen LogP contribution in [-0.2, 0) is 9.59 Å². The van der Waals surface area contributed by atoms with E-state index in [9.17, 15) is 14.4 Å². The number of nitrogens with one attached hydrogen (secondary N) is 2. The van der Waals surface area contributed by atoms with Gasteiger partial charge in [0.15, 0.2) is 0 Å². The zero-order valence-corrected chi connectivity index (χ0v) is 13.7. The molecule has 2 aliphatic rings. The molecule has 2 saturated carbocycles. The maximum atomic E-state index is 12.3. The van der Waals surface area contributed by atoms with Gasteiger partial charge in [-0.2, -0.15) is 0 Å². The highest BCUT2D eigenvalue weighted by atomic mass is 16.4. The van der Waals surface area contributed by atoms with Crippen LogP contribution in [0.5, 0.6) is 0 Å². The van der Waals surface area contributed by atoms with Gasteiger partial charge in [-0.1, -0.05) is 6.92 Å². The summed E-state index contributed by atoms with van der Waals surface area (Å²) >= 11 is 0. The van der Waals surface area contributed by atoms with E-state index in [1.54, 1.807) is 24.3 Å². The van der Waals surface area contributed by atoms with Gasteiger partial charge in [-0.3, -0.25) is 14.4 Å². The molecule has 1 aromatic carbocycles. The normalized spacial score (nSPS) is 23.7. The summed E-state index contributed by atoms with van der Waals surface area (Å²) in [6.07, 6.45) is 3.19. The first-order valence-electron chi connectivity index (χ1n) is 8.34. The molecule has 0 heterocycles. The van der Waals surface area contributed by atoms with Gasteiger partial charge in [0, 0.05) is 17.2 Å². The van der Waals surface area contributed by atoms with Crippen LogP contribution < -0.4 is 10.6 Å². The minimum atomic E-state index is -0.901. The van der Waals surface area contributed by atoms with E-state index >= 15 is 0 Å². The van der Waals surface area contributed by atoms with Crippen molar-refractivity contribution in [2.24, 2.45) is 11.8 Å². The van der Waals surface area contributed by atoms with E-state index in [1.165, 1.54) is 0 Å². The molecule has 0 bridgehead atoms. The number of carbonyl (C=O) groups excluding carboxylic acids is 2. The van der Waals surface area contributed by atoms with Crippen LogP contribution in [0.1, 0.15) is 49.4 Å². The monoisotopic (exact) mass is 330 g/mol. The lowest BCUT2D eigenvalue weighted by atomic mass is 9.74. The topological polar surface area (TPSA) is 95.5 Å². The lowest BCUT2D eigenvalue weighted by Gasteiger charge is -2.41. The Balaban J connectivity index is 1.59. The summed E-state index contributed by atoms with van der Waals surface area (Å²) in [7, 11) is 0. The average molecular weight is 330 g/mol. The molecule has 0 saturated heterocycles. The van der Waals surface area contributed by atoms with Crippen LogP contribution in [0.15, 0.2) is 24.3 Å². The van der Waals surface area contributed by atoms with Crippen molar-refractivity contribution in [3.63, 3.8) is 0 Å². The fourth-order valence-electron chi connectivity index (χ4n) is 3.18. The van der Waals surface area contributed by atoms with Crippen molar-refractivity contribution in [3.05, 3.63) is 29.8 Å². The summed E-state index contributed by atoms with van der Waals surface area (Å²) in [6.45, 7) is 2.05. The summed E-state index contributed by atoms with van der Waals surface area (Å²) < 4.78 is 0. The fraction of sp³-hybridized carbons (Fsp3) is 0.500. The molecule has 0 aliphatic heterocycles. The molecule has 3 N–H and O–H groups in total. The molecule has 0 spiro atoms. The third kappa shape index (κ3) is 3.58. The van der Waals surface area contributed by atoms with Crippen molar-refractivity contribution < 1.29 is 19.5 Å². The number of carboxylic acids is 1. The molecule has 2 amide bonds. The van der Waals surface area contributed by atoms with Crippen molar-refractivity contribution in [1.82, 2.24) is 5.32 Å². The third-order valence-electron chi connectivity index (χ3n) is 5.04. The highest BCUT2D eigenvalue weighted by Crippen LogP contribution is 2.38. The lowest BCUT2D eigenvalue weighted by molar-refractivity contribution is -0.139. The van der Waals surface area contributed by atoms with E-state index in [0.717, 1.165) is 12.8 Å². The molecule has 1 aromatic rings. The van der Waals surface area contributed by atoms with Crippen LogP contribution in [0, 0.1) is 11.8 Å². The van der Waals surface area contributed by atoms with Gasteiger partial charge in [0.25, 0.3) is 5.91 Å². The van der Waals surface area contributed by atoms with E-state index in [4.69, 9.17) is 5.11 Å². The van der Waals surface area contributed by atoms with Crippen LogP contribution in [0.25, 0.3) is 0 Å². The molecule has 6 heteroatoms. The zero-order chi connectivity index (χ0) is 17.3. The Labute approximate surface area is 140 Å². The highest BCUT2D eigenvalue weighted by molar-refractivity contribution is 5.97. The Kier molecular flexibility index (Phi) is 4.30. The van der Waals surface area contributed by atoms with Gasteiger partial charge in [0.1, 0.15) is 0 Å². The van der Waals surface area contributed by atoms with Crippen LogP contribution in [0.4, 0.5) is 5.69 Å². The van der Waals surface area contributed by atoms with Crippen molar-refractivity contribution >= 4 is 23.5 Å². The Bertz CT molecular complexity index is 664. The van der Waals surface area contributed by atoms with E-state index in [-0.39, 0.29) is 24.2 Å². The van der Waals surface area contributed by atoms with Gasteiger partial charge >= 0.3 is 5.97 Å². The summed E-state index contributed by atoms with van der Waals surface area (Å²) in [6, 6.07) is 6.69. The Morgan fingerprint density at radius 2 is 1.83 bits per heavy atom. The average Bonchev–Trinajstić information content (AvgIpc) is 3.22. The molecule has 2 unspecified atom stereocenters. The van der Waals surface area contributed by atoms with Crippen molar-refractivity contribution in [1.29, 1.82) is 0 Å². The molecule has 0 radical (unpaired) electrons. The maximum Gasteiger partial charge on any atom is 0.305 e. The van der Waals surface area contributed by atoms with Gasteiger partial charge in [0.05, 0.1) is 12.0 Å². The third-order valence-corrected chi connectivity index (χ3v) is 5.04. The smallest absolute Gasteiger partial charge is 0.305 e. The maximum absolute atomic E-state index is 12.3. The van der Waals surface area contributed by atoms with Crippen LogP contribution in [-0.4, -0.2) is 28.4 Å². The summed E-state index contributed by atoms with van der Waals surface area (Å²) in [4.78, 5) is 35.2. The van der Waals surface area contributed by atoms with Crippen molar-refractivity contribution in [2.45, 2.75) is 44.6 Å². The van der Waals surface area contributed by atoms with E-state index in [1.807, 2.05) is 6.92 Å². The second-order valence-electron chi connectivity index (χ2n) is 7.04. The molecule has 2 fully saturated rings. The standard InChI is InChI=1S/C18H22N2O4/c1-11-9-14(11)17(24)19-13-5-3-12(4-6-13)16(23)20-18(7-2-8-18)10-15(21)22/h3-6,11,14H,2,7-10H2,1H3,(H,19,24)(H,20,23)(H,21,22). The molecule has 3 rings (SSSR count). The largest absolute Gasteiger partial charge is 0.481 e. The molecule has 128 valence electrons. The minimum Gasteiger partial charge on any atom is -0.481 e. The van der Waals surface area contributed by atoms with Gasteiger partial charge in [-0.05, 0) is 55.9 Å². The zero-order valence-electron chi connectivity index (χ0n) is 13.7. The first-order chi connectivity index (χ1) is 11.4. The summed E-state index contributed by atoms with van der Waals surface area (Å²) in [5, 5.41) is 14.7. The molecule has 2 aliphatic carbocycles. The number of aliphatic carboxylic acids is 1. The first-order valence-corrected chi connectivity index (χ1v) is 8.34. The Hall–Kier alpha value is -2.37. The number of rotatable bonds is 6. The molecular formula is C18H22N2O4. The molecule has 0 aromatic heterocycles. The van der Waals surface area contributed by atoms with Crippen LogP contribution >= 0.6 is 0 Å². The lowest BCUT2D eigenvalue weighted by Crippen LogP contribution is -2.54. The number of benzene rings is 1. The predicted octanol–water partition coefficient (Wildman–Crippen LogP) is 2.41. The van der Waals surface area contributed by atoms with Gasteiger partial charge in [0.2, 0.25) is 5.91 Å². The summed E-state index contributed by atoms with van der Waals surface area (Å²) in [5.74, 6) is -0.605. The van der Waals surface area contributed by atoms with Crippen LogP contribution in [0.2, 0.25) is 0 Å². The number of carbonyl (C=O) groups is 3. The summed E-state index contributed by atoms with van der Waals surface area (Å²) in [5.41, 5.74) is 0.516. The quantitative estimate of drug-likeness (QED) is 0.746. The number of hydrogen-bond donors (Lipinski definition) is 3. The SMILES string of the molecule is CC1CC1C(=O)Nc1ccc(C(=O)NC2(CC(=O)O)CCC2)cc1. The number of amides is 2. The van der Waals surface area contributed by atoms with E-state index in [2.05, 4.69) is 10.6 Å². The molecular weight excluding hydrogens is 308 g/mol. The number of carboxylic acid groups (broad SMARTS) is 1. The van der Waals surface area contributed by atoms with Gasteiger partial charge in [-0.15, -0.1) is 0 Å². The second kappa shape index (κ2) is 6.26. The Morgan fingerprint density at radius 1 is 1.21 bits per heavy atom. The van der Waals surface area contributed by atoms with Gasteiger partial charge in [-0.25, -0.2) is 0 Å². The first kappa shape index (κ1) is 16.5. The van der Waals surface area contributed by atoms with Crippen LogP contribution in [0.3, 0.4) is 0 Å². The van der Waals surface area contributed by atoms with Crippen molar-refractivity contribution in [2.75, 3.05) is 5.32 Å². The molecule has 6 nitrogen and oxygen atoms in total. The molecule has 24 heavy (non-hydrogen) atoms. The van der Waals surface area contributed by atoms with Crippen molar-refractivity contribution in [3.8, 4) is 0 Å². The van der Waals surface area contributed by atoms with E-state index in [0.29, 0.717) is 30.0 Å². The Morgan fingerprint density at radius 3 is 2.29 bits per heavy atom. The molecule has 2 atom stereocenters. The number of anilines is 1. The van der Waals surface area contributed by atoms with Gasteiger partial charge < -0.3 is 15.7 Å². The highest BCUT2D eigenvalue weighted by Gasteiger charge is 2.40.